The summed E-state index contributed by atoms with van der Waals surface area (Å²) in [6, 6.07) is 2.45. The average Bonchev–Trinajstić information content (AvgIpc) is 2.33. The minimum absolute atomic E-state index is 0.0703. The molecule has 0 aliphatic carbocycles. The van der Waals surface area contributed by atoms with E-state index in [1.165, 1.54) is 12.1 Å². The predicted octanol–water partition coefficient (Wildman–Crippen LogP) is 3.57. The highest BCUT2D eigenvalue weighted by atomic mass is 35.5. The summed E-state index contributed by atoms with van der Waals surface area (Å²) in [7, 11) is -4.22. The van der Waals surface area contributed by atoms with Crippen molar-refractivity contribution in [3.63, 3.8) is 0 Å². The highest BCUT2D eigenvalue weighted by molar-refractivity contribution is 7.89. The summed E-state index contributed by atoms with van der Waals surface area (Å²) in [6.07, 6.45) is 0.141. The van der Waals surface area contributed by atoms with Crippen LogP contribution in [0.3, 0.4) is 0 Å². The standard InChI is InChI=1S/C12H14Cl3NO4S/c1-3-12(4-2,11(17)18)16-21(19,20)10-8(14)5-7(13)6-9(10)15/h5-6,16H,3-4H2,1-2H3,(H,17,18). The lowest BCUT2D eigenvalue weighted by Gasteiger charge is -2.28. The van der Waals surface area contributed by atoms with E-state index in [1.54, 1.807) is 13.8 Å². The molecule has 0 bridgehead atoms. The molecule has 0 unspecified atom stereocenters. The van der Waals surface area contributed by atoms with E-state index in [1.807, 2.05) is 0 Å². The summed E-state index contributed by atoms with van der Waals surface area (Å²) in [5.74, 6) is -1.27. The van der Waals surface area contributed by atoms with E-state index in [0.717, 1.165) is 0 Å². The van der Waals surface area contributed by atoms with Gasteiger partial charge in [-0.05, 0) is 25.0 Å². The molecule has 118 valence electrons. The van der Waals surface area contributed by atoms with Crippen LogP contribution in [0.15, 0.2) is 17.0 Å². The van der Waals surface area contributed by atoms with Crippen LogP contribution in [0.4, 0.5) is 0 Å². The van der Waals surface area contributed by atoms with Crippen molar-refractivity contribution in [3.05, 3.63) is 27.2 Å². The van der Waals surface area contributed by atoms with Crippen molar-refractivity contribution in [1.29, 1.82) is 0 Å². The van der Waals surface area contributed by atoms with Gasteiger partial charge in [-0.1, -0.05) is 48.7 Å². The highest BCUT2D eigenvalue weighted by Gasteiger charge is 2.40. The zero-order valence-corrected chi connectivity index (χ0v) is 14.4. The summed E-state index contributed by atoms with van der Waals surface area (Å²) in [5, 5.41) is 9.13. The first-order valence-corrected chi connectivity index (χ1v) is 8.63. The van der Waals surface area contributed by atoms with Crippen LogP contribution in [0.2, 0.25) is 15.1 Å². The second-order valence-electron chi connectivity index (χ2n) is 4.40. The average molecular weight is 375 g/mol. The molecule has 1 aromatic carbocycles. The van der Waals surface area contributed by atoms with Gasteiger partial charge in [-0.3, -0.25) is 4.79 Å². The molecule has 0 spiro atoms. The monoisotopic (exact) mass is 373 g/mol. The summed E-state index contributed by atoms with van der Waals surface area (Å²) in [5.41, 5.74) is -1.62. The third-order valence-electron chi connectivity index (χ3n) is 3.18. The molecule has 0 atom stereocenters. The van der Waals surface area contributed by atoms with E-state index in [9.17, 15) is 18.3 Å². The largest absolute Gasteiger partial charge is 0.480 e. The van der Waals surface area contributed by atoms with Gasteiger partial charge >= 0.3 is 5.97 Å². The van der Waals surface area contributed by atoms with Gasteiger partial charge in [0.05, 0.1) is 10.0 Å². The third kappa shape index (κ3) is 3.81. The number of nitrogens with one attached hydrogen (secondary N) is 1. The normalized spacial score (nSPS) is 12.4. The van der Waals surface area contributed by atoms with Crippen molar-refractivity contribution in [2.75, 3.05) is 0 Å². The molecule has 0 heterocycles. The molecule has 0 saturated heterocycles. The maximum atomic E-state index is 12.4. The van der Waals surface area contributed by atoms with Crippen LogP contribution in [0.5, 0.6) is 0 Å². The van der Waals surface area contributed by atoms with Crippen LogP contribution in [0, 0.1) is 0 Å². The maximum Gasteiger partial charge on any atom is 0.324 e. The Morgan fingerprint density at radius 1 is 1.19 bits per heavy atom. The Morgan fingerprint density at radius 3 is 1.95 bits per heavy atom. The number of benzene rings is 1. The second-order valence-corrected chi connectivity index (χ2v) is 7.27. The topological polar surface area (TPSA) is 83.5 Å². The van der Waals surface area contributed by atoms with Gasteiger partial charge in [-0.15, -0.1) is 0 Å². The van der Waals surface area contributed by atoms with Crippen LogP contribution in [-0.2, 0) is 14.8 Å². The molecular weight excluding hydrogens is 361 g/mol. The van der Waals surface area contributed by atoms with Gasteiger partial charge in [0, 0.05) is 5.02 Å². The zero-order valence-electron chi connectivity index (χ0n) is 11.3. The Kier molecular flexibility index (Phi) is 5.91. The number of hydrogen-bond acceptors (Lipinski definition) is 3. The first-order chi connectivity index (χ1) is 9.59. The SMILES string of the molecule is CCC(CC)(NS(=O)(=O)c1c(Cl)cc(Cl)cc1Cl)C(=O)O. The fraction of sp³-hybridized carbons (Fsp3) is 0.417. The number of carboxylic acid groups (broad SMARTS) is 1. The quantitative estimate of drug-likeness (QED) is 0.797. The van der Waals surface area contributed by atoms with Crippen LogP contribution < -0.4 is 4.72 Å². The number of aliphatic carboxylic acids is 1. The smallest absolute Gasteiger partial charge is 0.324 e. The molecule has 0 radical (unpaired) electrons. The lowest BCUT2D eigenvalue weighted by atomic mass is 9.95. The van der Waals surface area contributed by atoms with E-state index >= 15 is 0 Å². The number of hydrogen-bond donors (Lipinski definition) is 2. The summed E-state index contributed by atoms with van der Waals surface area (Å²) in [4.78, 5) is 11.0. The van der Waals surface area contributed by atoms with Crippen molar-refractivity contribution < 1.29 is 18.3 Å². The van der Waals surface area contributed by atoms with Crippen LogP contribution in [0.25, 0.3) is 0 Å². The Bertz CT molecular complexity index is 633. The molecule has 0 amide bonds. The van der Waals surface area contributed by atoms with Gasteiger partial charge in [0.15, 0.2) is 0 Å². The van der Waals surface area contributed by atoms with Crippen LogP contribution >= 0.6 is 34.8 Å². The third-order valence-corrected chi connectivity index (χ3v) is 5.85. The number of carboxylic acids is 1. The van der Waals surface area contributed by atoms with E-state index in [4.69, 9.17) is 34.8 Å². The maximum absolute atomic E-state index is 12.4. The van der Waals surface area contributed by atoms with Gasteiger partial charge in [0.25, 0.3) is 0 Å². The first kappa shape index (κ1) is 18.5. The molecule has 1 rings (SSSR count). The van der Waals surface area contributed by atoms with Gasteiger partial charge < -0.3 is 5.11 Å². The summed E-state index contributed by atoms with van der Waals surface area (Å²) >= 11 is 17.5. The first-order valence-electron chi connectivity index (χ1n) is 6.01. The minimum atomic E-state index is -4.22. The van der Waals surface area contributed by atoms with Crippen LogP contribution in [0.1, 0.15) is 26.7 Å². The molecule has 0 aliphatic rings. The highest BCUT2D eigenvalue weighted by Crippen LogP contribution is 2.33. The summed E-state index contributed by atoms with van der Waals surface area (Å²) < 4.78 is 27.1. The Hall–Kier alpha value is -0.530. The van der Waals surface area contributed by atoms with E-state index < -0.39 is 21.5 Å². The second kappa shape index (κ2) is 6.71. The van der Waals surface area contributed by atoms with Crippen molar-refractivity contribution in [2.45, 2.75) is 37.1 Å². The van der Waals surface area contributed by atoms with E-state index in [-0.39, 0.29) is 32.8 Å². The van der Waals surface area contributed by atoms with E-state index in [0.29, 0.717) is 0 Å². The zero-order chi connectivity index (χ0) is 16.4. The Labute approximate surface area is 138 Å². The van der Waals surface area contributed by atoms with Gasteiger partial charge in [0.2, 0.25) is 10.0 Å². The molecule has 5 nitrogen and oxygen atoms in total. The van der Waals surface area contributed by atoms with Gasteiger partial charge in [0.1, 0.15) is 10.4 Å². The lowest BCUT2D eigenvalue weighted by Crippen LogP contribution is -2.53. The van der Waals surface area contributed by atoms with Gasteiger partial charge in [-0.25, -0.2) is 8.42 Å². The fourth-order valence-electron chi connectivity index (χ4n) is 1.83. The molecule has 0 fully saturated rings. The number of carbonyl (C=O) groups is 1. The molecular formula is C12H14Cl3NO4S. The minimum Gasteiger partial charge on any atom is -0.480 e. The Balaban J connectivity index is 3.40. The van der Waals surface area contributed by atoms with Crippen molar-refractivity contribution in [2.24, 2.45) is 0 Å². The number of halogens is 3. The Morgan fingerprint density at radius 2 is 1.62 bits per heavy atom. The van der Waals surface area contributed by atoms with Crippen molar-refractivity contribution in [3.8, 4) is 0 Å². The molecule has 0 aliphatic heterocycles. The molecule has 21 heavy (non-hydrogen) atoms. The number of rotatable bonds is 6. The molecule has 0 saturated carbocycles. The lowest BCUT2D eigenvalue weighted by molar-refractivity contribution is -0.144. The van der Waals surface area contributed by atoms with Gasteiger partial charge in [-0.2, -0.15) is 4.72 Å². The molecule has 1 aromatic rings. The predicted molar refractivity (Wildman–Crippen MR) is 82.7 cm³/mol. The molecule has 2 N–H and O–H groups in total. The fourth-order valence-corrected chi connectivity index (χ4v) is 4.88. The number of sulfonamides is 1. The van der Waals surface area contributed by atoms with Crippen LogP contribution in [-0.4, -0.2) is 25.0 Å². The van der Waals surface area contributed by atoms with E-state index in [2.05, 4.69) is 4.72 Å². The van der Waals surface area contributed by atoms with Crippen molar-refractivity contribution in [1.82, 2.24) is 4.72 Å². The summed E-state index contributed by atoms with van der Waals surface area (Å²) in [6.45, 7) is 3.15. The molecule has 9 heteroatoms. The molecule has 0 aromatic heterocycles. The van der Waals surface area contributed by atoms with Crippen molar-refractivity contribution >= 4 is 50.8 Å².